The minimum absolute atomic E-state index is 0.0745. The molecule has 0 amide bonds. The molecule has 1 aromatic rings. The summed E-state index contributed by atoms with van der Waals surface area (Å²) in [6.45, 7) is 4.51. The van der Waals surface area contributed by atoms with Crippen LogP contribution in [0.5, 0.6) is 0 Å². The van der Waals surface area contributed by atoms with Gasteiger partial charge in [-0.05, 0) is 5.92 Å². The lowest BCUT2D eigenvalue weighted by Crippen LogP contribution is -2.39. The summed E-state index contributed by atoms with van der Waals surface area (Å²) in [4.78, 5) is 4.31. The average Bonchev–Trinajstić information content (AvgIpc) is 2.64. The topological polar surface area (TPSA) is 72.2 Å². The molecule has 90 valence electrons. The van der Waals surface area contributed by atoms with Gasteiger partial charge in [-0.3, -0.25) is 0 Å². The second-order valence-electron chi connectivity index (χ2n) is 4.39. The summed E-state index contributed by atoms with van der Waals surface area (Å²) in [5.74, 6) is 1.04. The molecule has 1 atom stereocenters. The maximum Gasteiger partial charge on any atom is 0.212 e. The average molecular weight is 244 g/mol. The van der Waals surface area contributed by atoms with E-state index in [9.17, 15) is 8.42 Å². The Bertz CT molecular complexity index is 464. The number of hydrogen-bond donors (Lipinski definition) is 1. The number of nitrogens with one attached hydrogen (secondary N) is 1. The molecule has 6 heteroatoms. The third kappa shape index (κ3) is 2.44. The molecule has 0 bridgehead atoms. The van der Waals surface area contributed by atoms with E-state index >= 15 is 0 Å². The van der Waals surface area contributed by atoms with Gasteiger partial charge in [-0.15, -0.1) is 0 Å². The SMILES string of the molecule is CC(C)c1coc(C2CS(=O)(=O)CCN2)n1. The predicted octanol–water partition coefficient (Wildman–Crippen LogP) is 0.857. The zero-order valence-electron chi connectivity index (χ0n) is 9.43. The molecule has 0 saturated carbocycles. The van der Waals surface area contributed by atoms with Crippen LogP contribution in [0, 0.1) is 0 Å². The lowest BCUT2D eigenvalue weighted by molar-refractivity contribution is 0.412. The lowest BCUT2D eigenvalue weighted by Gasteiger charge is -2.20. The molecule has 16 heavy (non-hydrogen) atoms. The molecule has 0 aromatic carbocycles. The van der Waals surface area contributed by atoms with Gasteiger partial charge in [0, 0.05) is 6.54 Å². The van der Waals surface area contributed by atoms with Gasteiger partial charge in [0.25, 0.3) is 0 Å². The minimum Gasteiger partial charge on any atom is -0.447 e. The van der Waals surface area contributed by atoms with Crippen molar-refractivity contribution in [2.75, 3.05) is 18.1 Å². The third-order valence-corrected chi connectivity index (χ3v) is 4.32. The fourth-order valence-electron chi connectivity index (χ4n) is 1.67. The maximum absolute atomic E-state index is 11.5. The summed E-state index contributed by atoms with van der Waals surface area (Å²) in [5.41, 5.74) is 0.861. The van der Waals surface area contributed by atoms with E-state index in [0.717, 1.165) is 5.69 Å². The first-order valence-electron chi connectivity index (χ1n) is 5.37. The van der Waals surface area contributed by atoms with Crippen LogP contribution in [-0.2, 0) is 9.84 Å². The van der Waals surface area contributed by atoms with Crippen molar-refractivity contribution >= 4 is 9.84 Å². The van der Waals surface area contributed by atoms with Gasteiger partial charge < -0.3 is 9.73 Å². The van der Waals surface area contributed by atoms with Crippen molar-refractivity contribution in [1.29, 1.82) is 0 Å². The predicted molar refractivity (Wildman–Crippen MR) is 60.0 cm³/mol. The first-order chi connectivity index (χ1) is 7.48. The minimum atomic E-state index is -2.95. The number of hydrogen-bond acceptors (Lipinski definition) is 5. The van der Waals surface area contributed by atoms with Crippen LogP contribution >= 0.6 is 0 Å². The third-order valence-electron chi connectivity index (χ3n) is 2.65. The van der Waals surface area contributed by atoms with E-state index in [-0.39, 0.29) is 23.5 Å². The molecule has 1 saturated heterocycles. The summed E-state index contributed by atoms with van der Waals surface area (Å²) in [6.07, 6.45) is 1.60. The number of sulfone groups is 1. The molecular formula is C10H16N2O3S. The van der Waals surface area contributed by atoms with Crippen molar-refractivity contribution in [3.05, 3.63) is 17.8 Å². The van der Waals surface area contributed by atoms with E-state index in [4.69, 9.17) is 4.42 Å². The molecule has 2 heterocycles. The largest absolute Gasteiger partial charge is 0.447 e. The Kier molecular flexibility index (Phi) is 3.03. The Balaban J connectivity index is 2.17. The monoisotopic (exact) mass is 244 g/mol. The number of aromatic nitrogens is 1. The van der Waals surface area contributed by atoms with Gasteiger partial charge in [0.05, 0.1) is 23.2 Å². The summed E-state index contributed by atoms with van der Waals surface area (Å²) in [5, 5.41) is 3.11. The van der Waals surface area contributed by atoms with E-state index in [0.29, 0.717) is 12.4 Å². The standard InChI is InChI=1S/C10H16N2O3S/c1-7(2)8-5-15-10(12-8)9-6-16(13,14)4-3-11-9/h5,7,9,11H,3-4,6H2,1-2H3. The smallest absolute Gasteiger partial charge is 0.212 e. The summed E-state index contributed by atoms with van der Waals surface area (Å²) in [7, 11) is -2.95. The number of rotatable bonds is 2. The van der Waals surface area contributed by atoms with Crippen LogP contribution in [0.15, 0.2) is 10.7 Å². The summed E-state index contributed by atoms with van der Waals surface area (Å²) in [6, 6.07) is -0.300. The van der Waals surface area contributed by atoms with Crippen molar-refractivity contribution in [2.24, 2.45) is 0 Å². The molecule has 2 rings (SSSR count). The van der Waals surface area contributed by atoms with Gasteiger partial charge in [0.1, 0.15) is 6.26 Å². The molecule has 1 aliphatic heterocycles. The fourth-order valence-corrected chi connectivity index (χ4v) is 3.03. The van der Waals surface area contributed by atoms with Crippen molar-refractivity contribution in [1.82, 2.24) is 10.3 Å². The van der Waals surface area contributed by atoms with Crippen molar-refractivity contribution < 1.29 is 12.8 Å². The molecule has 1 aliphatic rings. The maximum atomic E-state index is 11.5. The van der Waals surface area contributed by atoms with Gasteiger partial charge in [0.2, 0.25) is 5.89 Å². The summed E-state index contributed by atoms with van der Waals surface area (Å²) >= 11 is 0. The van der Waals surface area contributed by atoms with E-state index in [1.54, 1.807) is 6.26 Å². The number of nitrogens with zero attached hydrogens (tertiary/aromatic N) is 1. The highest BCUT2D eigenvalue weighted by atomic mass is 32.2. The normalized spacial score (nSPS) is 24.8. The molecule has 1 N–H and O–H groups in total. The molecular weight excluding hydrogens is 228 g/mol. The zero-order chi connectivity index (χ0) is 11.8. The second-order valence-corrected chi connectivity index (χ2v) is 6.62. The molecule has 1 aromatic heterocycles. The molecule has 1 fully saturated rings. The highest BCUT2D eigenvalue weighted by Gasteiger charge is 2.28. The molecule has 0 spiro atoms. The molecule has 0 aliphatic carbocycles. The Morgan fingerprint density at radius 1 is 1.56 bits per heavy atom. The van der Waals surface area contributed by atoms with Crippen molar-refractivity contribution in [3.8, 4) is 0 Å². The highest BCUT2D eigenvalue weighted by molar-refractivity contribution is 7.91. The van der Waals surface area contributed by atoms with Gasteiger partial charge >= 0.3 is 0 Å². The Morgan fingerprint density at radius 2 is 2.31 bits per heavy atom. The zero-order valence-corrected chi connectivity index (χ0v) is 10.3. The van der Waals surface area contributed by atoms with Gasteiger partial charge in [-0.1, -0.05) is 13.8 Å². The Hall–Kier alpha value is -0.880. The van der Waals surface area contributed by atoms with Crippen LogP contribution < -0.4 is 5.32 Å². The van der Waals surface area contributed by atoms with Gasteiger partial charge in [-0.25, -0.2) is 13.4 Å². The van der Waals surface area contributed by atoms with Gasteiger partial charge in [-0.2, -0.15) is 0 Å². The molecule has 5 nitrogen and oxygen atoms in total. The first kappa shape index (κ1) is 11.6. The first-order valence-corrected chi connectivity index (χ1v) is 7.19. The van der Waals surface area contributed by atoms with Crippen LogP contribution in [0.2, 0.25) is 0 Å². The van der Waals surface area contributed by atoms with Crippen molar-refractivity contribution in [2.45, 2.75) is 25.8 Å². The van der Waals surface area contributed by atoms with Crippen LogP contribution in [0.1, 0.15) is 37.4 Å². The van der Waals surface area contributed by atoms with Crippen LogP contribution in [0.25, 0.3) is 0 Å². The van der Waals surface area contributed by atoms with E-state index in [1.807, 2.05) is 13.8 Å². The number of oxazole rings is 1. The Labute approximate surface area is 95.2 Å². The van der Waals surface area contributed by atoms with Crippen LogP contribution in [-0.4, -0.2) is 31.5 Å². The van der Waals surface area contributed by atoms with E-state index < -0.39 is 9.84 Å². The van der Waals surface area contributed by atoms with Crippen molar-refractivity contribution in [3.63, 3.8) is 0 Å². The lowest BCUT2D eigenvalue weighted by atomic mass is 10.2. The Morgan fingerprint density at radius 3 is 2.88 bits per heavy atom. The quantitative estimate of drug-likeness (QED) is 0.835. The molecule has 1 unspecified atom stereocenters. The fraction of sp³-hybridized carbons (Fsp3) is 0.700. The van der Waals surface area contributed by atoms with E-state index in [2.05, 4.69) is 10.3 Å². The van der Waals surface area contributed by atoms with Crippen LogP contribution in [0.3, 0.4) is 0 Å². The molecule has 0 radical (unpaired) electrons. The van der Waals surface area contributed by atoms with Crippen LogP contribution in [0.4, 0.5) is 0 Å². The van der Waals surface area contributed by atoms with Gasteiger partial charge in [0.15, 0.2) is 9.84 Å². The summed E-state index contributed by atoms with van der Waals surface area (Å²) < 4.78 is 28.3. The second kappa shape index (κ2) is 4.18. The van der Waals surface area contributed by atoms with E-state index in [1.165, 1.54) is 0 Å². The highest BCUT2D eigenvalue weighted by Crippen LogP contribution is 2.21.